The van der Waals surface area contributed by atoms with Gasteiger partial charge in [0.2, 0.25) is 5.91 Å². The lowest BCUT2D eigenvalue weighted by Crippen LogP contribution is -2.92. The lowest BCUT2D eigenvalue weighted by Gasteiger charge is -2.31. The summed E-state index contributed by atoms with van der Waals surface area (Å²) in [6, 6.07) is 15.2. The first-order valence-corrected chi connectivity index (χ1v) is 9.22. The number of amides is 2. The smallest absolute Gasteiger partial charge is 0.285 e. The maximum atomic E-state index is 13.1. The number of methoxy groups -OCH3 is 1. The molecule has 2 amide bonds. The molecule has 1 aliphatic heterocycles. The number of fused-ring (bicyclic) bond motifs is 1. The number of nitrogens with two attached hydrogens (primary N) is 1. The predicted molar refractivity (Wildman–Crippen MR) is 105 cm³/mol. The highest BCUT2D eigenvalue weighted by atomic mass is 16.5. The number of nitrogens with one attached hydrogen (secondary N) is 1. The third-order valence-corrected chi connectivity index (χ3v) is 4.93. The summed E-state index contributed by atoms with van der Waals surface area (Å²) in [5.74, 6) is 0.578. The predicted octanol–water partition coefficient (Wildman–Crippen LogP) is 2.08. The van der Waals surface area contributed by atoms with Gasteiger partial charge in [-0.25, -0.2) is 0 Å². The van der Waals surface area contributed by atoms with Gasteiger partial charge >= 0.3 is 0 Å². The molecule has 2 aromatic rings. The van der Waals surface area contributed by atoms with Crippen LogP contribution >= 0.6 is 0 Å². The molecule has 6 heteroatoms. The van der Waals surface area contributed by atoms with Gasteiger partial charge in [-0.05, 0) is 43.3 Å². The Morgan fingerprint density at radius 1 is 1.22 bits per heavy atom. The molecule has 0 spiro atoms. The number of ether oxygens (including phenoxy) is 1. The maximum Gasteiger partial charge on any atom is 0.285 e. The minimum Gasteiger partial charge on any atom is -0.497 e. The number of hydrogen-bond donors (Lipinski definition) is 2. The Bertz CT molecular complexity index is 820. The monoisotopic (exact) mass is 368 g/mol. The van der Waals surface area contributed by atoms with Crippen molar-refractivity contribution in [1.82, 2.24) is 0 Å². The molecule has 0 bridgehead atoms. The first-order valence-electron chi connectivity index (χ1n) is 9.22. The van der Waals surface area contributed by atoms with Crippen LogP contribution in [0.25, 0.3) is 0 Å². The van der Waals surface area contributed by atoms with E-state index in [9.17, 15) is 9.59 Å². The largest absolute Gasteiger partial charge is 0.497 e. The van der Waals surface area contributed by atoms with E-state index in [-0.39, 0.29) is 30.4 Å². The summed E-state index contributed by atoms with van der Waals surface area (Å²) in [6.45, 7) is 4.04. The highest BCUT2D eigenvalue weighted by Crippen LogP contribution is 2.29. The number of para-hydroxylation sites is 2. The second kappa shape index (κ2) is 8.22. The van der Waals surface area contributed by atoms with Crippen molar-refractivity contribution in [2.45, 2.75) is 32.4 Å². The molecule has 0 saturated carbocycles. The van der Waals surface area contributed by atoms with Gasteiger partial charge in [0.05, 0.1) is 18.5 Å². The Labute approximate surface area is 159 Å². The van der Waals surface area contributed by atoms with Crippen LogP contribution in [0.4, 0.5) is 11.4 Å². The number of anilines is 2. The second-order valence-electron chi connectivity index (χ2n) is 6.76. The van der Waals surface area contributed by atoms with Gasteiger partial charge in [-0.1, -0.05) is 19.1 Å². The summed E-state index contributed by atoms with van der Waals surface area (Å²) in [4.78, 5) is 26.7. The fourth-order valence-electron chi connectivity index (χ4n) is 3.44. The van der Waals surface area contributed by atoms with Crippen molar-refractivity contribution in [3.63, 3.8) is 0 Å². The number of rotatable bonds is 6. The van der Waals surface area contributed by atoms with Crippen LogP contribution in [0.1, 0.15) is 31.9 Å². The van der Waals surface area contributed by atoms with Crippen LogP contribution in [0.2, 0.25) is 0 Å². The molecule has 142 valence electrons. The highest BCUT2D eigenvalue weighted by molar-refractivity contribution is 6.10. The lowest BCUT2D eigenvalue weighted by molar-refractivity contribution is -0.713. The second-order valence-corrected chi connectivity index (χ2v) is 6.76. The zero-order chi connectivity index (χ0) is 19.4. The molecule has 0 radical (unpaired) electrons. The van der Waals surface area contributed by atoms with Crippen molar-refractivity contribution in [2.75, 3.05) is 23.9 Å². The summed E-state index contributed by atoms with van der Waals surface area (Å²) in [6.07, 6.45) is 0.890. The van der Waals surface area contributed by atoms with E-state index in [2.05, 4.69) is 17.6 Å². The van der Waals surface area contributed by atoms with Crippen molar-refractivity contribution < 1.29 is 19.6 Å². The Kier molecular flexibility index (Phi) is 5.76. The topological polar surface area (TPSA) is 75.2 Å². The number of nitrogens with zero attached hydrogens (tertiary/aromatic N) is 1. The van der Waals surface area contributed by atoms with E-state index in [1.54, 1.807) is 12.0 Å². The SMILES string of the molecule is CC[C@@H]([NH2+][C@H](C)C(=O)N1CC(=O)Nc2ccccc21)c1ccc(OC)cc1. The molecule has 3 rings (SSSR count). The van der Waals surface area contributed by atoms with Crippen molar-refractivity contribution >= 4 is 23.2 Å². The maximum absolute atomic E-state index is 13.1. The minimum atomic E-state index is -0.309. The number of carbonyl (C=O) groups excluding carboxylic acids is 2. The molecule has 0 aromatic heterocycles. The zero-order valence-corrected chi connectivity index (χ0v) is 15.9. The Balaban J connectivity index is 1.75. The number of carbonyl (C=O) groups is 2. The fourth-order valence-corrected chi connectivity index (χ4v) is 3.44. The number of hydrogen-bond acceptors (Lipinski definition) is 3. The van der Waals surface area contributed by atoms with Crippen molar-refractivity contribution in [2.24, 2.45) is 0 Å². The van der Waals surface area contributed by atoms with E-state index in [1.165, 1.54) is 0 Å². The Morgan fingerprint density at radius 3 is 2.59 bits per heavy atom. The van der Waals surface area contributed by atoms with E-state index in [0.29, 0.717) is 5.69 Å². The average Bonchev–Trinajstić information content (AvgIpc) is 2.70. The van der Waals surface area contributed by atoms with Crippen LogP contribution in [0.3, 0.4) is 0 Å². The molecule has 1 aliphatic rings. The van der Waals surface area contributed by atoms with Crippen LogP contribution in [0.5, 0.6) is 5.75 Å². The minimum absolute atomic E-state index is 0.0490. The van der Waals surface area contributed by atoms with Gasteiger partial charge in [-0.15, -0.1) is 0 Å². The first kappa shape index (κ1) is 18.9. The highest BCUT2D eigenvalue weighted by Gasteiger charge is 2.32. The summed E-state index contributed by atoms with van der Waals surface area (Å²) in [5, 5.41) is 4.89. The molecule has 0 aliphatic carbocycles. The van der Waals surface area contributed by atoms with E-state index in [1.807, 2.05) is 55.5 Å². The summed E-state index contributed by atoms with van der Waals surface area (Å²) in [5.41, 5.74) is 2.58. The Hall–Kier alpha value is -2.86. The summed E-state index contributed by atoms with van der Waals surface area (Å²) in [7, 11) is 1.64. The van der Waals surface area contributed by atoms with Crippen LogP contribution in [-0.4, -0.2) is 31.5 Å². The third-order valence-electron chi connectivity index (χ3n) is 4.93. The van der Waals surface area contributed by atoms with Gasteiger partial charge < -0.3 is 15.4 Å². The molecule has 3 N–H and O–H groups in total. The molecule has 6 nitrogen and oxygen atoms in total. The van der Waals surface area contributed by atoms with Gasteiger partial charge in [-0.3, -0.25) is 14.5 Å². The van der Waals surface area contributed by atoms with Crippen LogP contribution in [0.15, 0.2) is 48.5 Å². The van der Waals surface area contributed by atoms with Crippen molar-refractivity contribution in [3.8, 4) is 5.75 Å². The summed E-state index contributed by atoms with van der Waals surface area (Å²) >= 11 is 0. The summed E-state index contributed by atoms with van der Waals surface area (Å²) < 4.78 is 5.22. The molecular formula is C21H26N3O3+. The molecule has 2 atom stereocenters. The lowest BCUT2D eigenvalue weighted by atomic mass is 10.0. The molecule has 27 heavy (non-hydrogen) atoms. The van der Waals surface area contributed by atoms with Gasteiger partial charge in [0.25, 0.3) is 5.91 Å². The average molecular weight is 368 g/mol. The van der Waals surface area contributed by atoms with Crippen LogP contribution in [0, 0.1) is 0 Å². The molecule has 1 heterocycles. The standard InChI is InChI=1S/C21H25N3O3/c1-4-17(15-9-11-16(27-3)12-10-15)22-14(2)21(26)24-13-20(25)23-18-7-5-6-8-19(18)24/h5-12,14,17,22H,4,13H2,1-3H3,(H,23,25)/p+1/t14-,17-/m1/s1. The van der Waals surface area contributed by atoms with Gasteiger partial charge in [0.15, 0.2) is 6.04 Å². The van der Waals surface area contributed by atoms with Crippen molar-refractivity contribution in [1.29, 1.82) is 0 Å². The van der Waals surface area contributed by atoms with Crippen LogP contribution in [-0.2, 0) is 9.59 Å². The van der Waals surface area contributed by atoms with Gasteiger partial charge in [0, 0.05) is 12.0 Å². The third kappa shape index (κ3) is 4.11. The molecule has 2 aromatic carbocycles. The van der Waals surface area contributed by atoms with E-state index < -0.39 is 0 Å². The number of benzene rings is 2. The number of quaternary nitrogens is 1. The molecule has 0 saturated heterocycles. The quantitative estimate of drug-likeness (QED) is 0.820. The fraction of sp³-hybridized carbons (Fsp3) is 0.333. The van der Waals surface area contributed by atoms with E-state index in [0.717, 1.165) is 23.4 Å². The molecule has 0 unspecified atom stereocenters. The van der Waals surface area contributed by atoms with E-state index >= 15 is 0 Å². The zero-order valence-electron chi connectivity index (χ0n) is 15.9. The van der Waals surface area contributed by atoms with E-state index in [4.69, 9.17) is 4.74 Å². The van der Waals surface area contributed by atoms with Crippen LogP contribution < -0.4 is 20.3 Å². The van der Waals surface area contributed by atoms with Gasteiger partial charge in [-0.2, -0.15) is 0 Å². The van der Waals surface area contributed by atoms with Crippen molar-refractivity contribution in [3.05, 3.63) is 54.1 Å². The van der Waals surface area contributed by atoms with Gasteiger partial charge in [0.1, 0.15) is 18.3 Å². The normalized spacial score (nSPS) is 15.5. The first-order chi connectivity index (χ1) is 13.0. The molecular weight excluding hydrogens is 342 g/mol. The Morgan fingerprint density at radius 2 is 1.93 bits per heavy atom. The molecule has 0 fully saturated rings.